The van der Waals surface area contributed by atoms with Gasteiger partial charge in [0.2, 0.25) is 0 Å². The van der Waals surface area contributed by atoms with Crippen LogP contribution in [0.3, 0.4) is 0 Å². The molecular weight excluding hydrogens is 446 g/mol. The van der Waals surface area contributed by atoms with Crippen LogP contribution in [-0.2, 0) is 6.42 Å². The van der Waals surface area contributed by atoms with Gasteiger partial charge in [0.15, 0.2) is 0 Å². The summed E-state index contributed by atoms with van der Waals surface area (Å²) in [4.78, 5) is 5.18. The van der Waals surface area contributed by atoms with Gasteiger partial charge in [0.1, 0.15) is 0 Å². The van der Waals surface area contributed by atoms with Gasteiger partial charge in [-0.3, -0.25) is 0 Å². The van der Waals surface area contributed by atoms with E-state index in [1.807, 2.05) is 0 Å². The first-order valence-electron chi connectivity index (χ1n) is 14.2. The Morgan fingerprint density at radius 3 is 1.70 bits per heavy atom. The van der Waals surface area contributed by atoms with Gasteiger partial charge < -0.3 is 0 Å². The van der Waals surface area contributed by atoms with E-state index in [-0.39, 0.29) is 0 Å². The standard InChI is InChI=1S/C36H43N/c1-7-9-10-12-29-13-15-31(16-14-29)35-23-34(33-21-26(4)28(6)27(5)22-33)24-36(37-35)32-19-17-30(18-20-32)25(3)11-8-2/h13-25H,7-12H2,1-6H3. The Kier molecular flexibility index (Phi) is 8.98. The fraction of sp³-hybridized carbons (Fsp3) is 0.361. The third-order valence-electron chi connectivity index (χ3n) is 7.90. The van der Waals surface area contributed by atoms with E-state index in [9.17, 15) is 0 Å². The van der Waals surface area contributed by atoms with Gasteiger partial charge in [-0.1, -0.05) is 101 Å². The summed E-state index contributed by atoms with van der Waals surface area (Å²) in [5.41, 5.74) is 13.8. The number of pyridine rings is 1. The molecule has 1 aromatic heterocycles. The SMILES string of the molecule is CCCCCc1ccc(-c2cc(-c3cc(C)c(C)c(C)c3)cc(-c3ccc(C(C)CCC)cc3)n2)cc1. The molecule has 0 aliphatic carbocycles. The highest BCUT2D eigenvalue weighted by atomic mass is 14.7. The van der Waals surface area contributed by atoms with Gasteiger partial charge in [-0.25, -0.2) is 4.98 Å². The Bertz CT molecular complexity index is 1290. The predicted molar refractivity (Wildman–Crippen MR) is 161 cm³/mol. The van der Waals surface area contributed by atoms with Crippen molar-refractivity contribution in [2.45, 2.75) is 86.0 Å². The molecule has 0 spiro atoms. The van der Waals surface area contributed by atoms with Crippen LogP contribution in [0.15, 0.2) is 72.8 Å². The molecule has 1 atom stereocenters. The van der Waals surface area contributed by atoms with Crippen molar-refractivity contribution in [1.29, 1.82) is 0 Å². The van der Waals surface area contributed by atoms with Gasteiger partial charge in [0, 0.05) is 11.1 Å². The summed E-state index contributed by atoms with van der Waals surface area (Å²) in [5.74, 6) is 0.586. The molecule has 0 N–H and O–H groups in total. The lowest BCUT2D eigenvalue weighted by Gasteiger charge is -2.14. The van der Waals surface area contributed by atoms with E-state index in [1.54, 1.807) is 0 Å². The average molecular weight is 490 g/mol. The molecule has 37 heavy (non-hydrogen) atoms. The highest BCUT2D eigenvalue weighted by Crippen LogP contribution is 2.33. The van der Waals surface area contributed by atoms with Crippen molar-refractivity contribution in [2.75, 3.05) is 0 Å². The van der Waals surface area contributed by atoms with E-state index in [2.05, 4.69) is 114 Å². The molecule has 0 aliphatic rings. The van der Waals surface area contributed by atoms with Crippen molar-refractivity contribution in [2.24, 2.45) is 0 Å². The number of nitrogens with zero attached hydrogens (tertiary/aromatic N) is 1. The monoisotopic (exact) mass is 489 g/mol. The third kappa shape index (κ3) is 6.58. The van der Waals surface area contributed by atoms with Crippen LogP contribution in [0.4, 0.5) is 0 Å². The van der Waals surface area contributed by atoms with Crippen molar-refractivity contribution in [3.63, 3.8) is 0 Å². The van der Waals surface area contributed by atoms with E-state index >= 15 is 0 Å². The maximum atomic E-state index is 5.18. The molecule has 4 aromatic rings. The van der Waals surface area contributed by atoms with Crippen molar-refractivity contribution < 1.29 is 0 Å². The first-order valence-corrected chi connectivity index (χ1v) is 14.2. The molecule has 3 aromatic carbocycles. The number of benzene rings is 3. The minimum absolute atomic E-state index is 0.586. The van der Waals surface area contributed by atoms with Crippen LogP contribution in [0.5, 0.6) is 0 Å². The molecule has 192 valence electrons. The second-order valence-corrected chi connectivity index (χ2v) is 10.8. The van der Waals surface area contributed by atoms with Gasteiger partial charge in [0.05, 0.1) is 11.4 Å². The summed E-state index contributed by atoms with van der Waals surface area (Å²) < 4.78 is 0. The number of unbranched alkanes of at least 4 members (excludes halogenated alkanes) is 2. The van der Waals surface area contributed by atoms with Crippen LogP contribution in [-0.4, -0.2) is 4.98 Å². The van der Waals surface area contributed by atoms with E-state index in [0.717, 1.165) is 17.8 Å². The Morgan fingerprint density at radius 2 is 1.16 bits per heavy atom. The Morgan fingerprint density at radius 1 is 0.622 bits per heavy atom. The van der Waals surface area contributed by atoms with Crippen LogP contribution in [0.1, 0.15) is 86.6 Å². The van der Waals surface area contributed by atoms with Gasteiger partial charge in [-0.15, -0.1) is 0 Å². The normalized spacial score (nSPS) is 12.1. The van der Waals surface area contributed by atoms with Crippen LogP contribution >= 0.6 is 0 Å². The first-order chi connectivity index (χ1) is 17.9. The number of aromatic nitrogens is 1. The summed E-state index contributed by atoms with van der Waals surface area (Å²) >= 11 is 0. The zero-order valence-electron chi connectivity index (χ0n) is 23.7. The fourth-order valence-electron chi connectivity index (χ4n) is 5.20. The Balaban J connectivity index is 1.76. The lowest BCUT2D eigenvalue weighted by molar-refractivity contribution is 0.665. The molecule has 0 radical (unpaired) electrons. The van der Waals surface area contributed by atoms with Crippen molar-refractivity contribution in [3.8, 4) is 33.6 Å². The molecule has 4 rings (SSSR count). The zero-order chi connectivity index (χ0) is 26.4. The number of aryl methyl sites for hydroxylation is 3. The predicted octanol–water partition coefficient (Wildman–Crippen LogP) is 10.6. The summed E-state index contributed by atoms with van der Waals surface area (Å²) in [6.45, 7) is 13.5. The Labute approximate surface area is 225 Å². The van der Waals surface area contributed by atoms with Gasteiger partial charge in [-0.05, 0) is 97.0 Å². The minimum atomic E-state index is 0.586. The zero-order valence-corrected chi connectivity index (χ0v) is 23.7. The van der Waals surface area contributed by atoms with Gasteiger partial charge in [0.25, 0.3) is 0 Å². The van der Waals surface area contributed by atoms with Crippen LogP contribution in [0.2, 0.25) is 0 Å². The van der Waals surface area contributed by atoms with Gasteiger partial charge >= 0.3 is 0 Å². The lowest BCUT2D eigenvalue weighted by Crippen LogP contribution is -1.95. The fourth-order valence-corrected chi connectivity index (χ4v) is 5.20. The number of rotatable bonds is 10. The second kappa shape index (κ2) is 12.4. The van der Waals surface area contributed by atoms with Crippen LogP contribution in [0.25, 0.3) is 33.6 Å². The molecule has 0 fully saturated rings. The van der Waals surface area contributed by atoms with E-state index in [1.165, 1.54) is 82.2 Å². The average Bonchev–Trinajstić information content (AvgIpc) is 2.92. The molecule has 1 heteroatoms. The smallest absolute Gasteiger partial charge is 0.0715 e. The second-order valence-electron chi connectivity index (χ2n) is 10.8. The van der Waals surface area contributed by atoms with Crippen molar-refractivity contribution >= 4 is 0 Å². The summed E-state index contributed by atoms with van der Waals surface area (Å²) in [5, 5.41) is 0. The van der Waals surface area contributed by atoms with Gasteiger partial charge in [-0.2, -0.15) is 0 Å². The maximum absolute atomic E-state index is 5.18. The molecule has 0 saturated heterocycles. The number of hydrogen-bond acceptors (Lipinski definition) is 1. The Hall–Kier alpha value is -3.19. The summed E-state index contributed by atoms with van der Waals surface area (Å²) in [6.07, 6.45) is 7.39. The summed E-state index contributed by atoms with van der Waals surface area (Å²) in [7, 11) is 0. The molecule has 1 unspecified atom stereocenters. The summed E-state index contributed by atoms with van der Waals surface area (Å²) in [6, 6.07) is 27.3. The minimum Gasteiger partial charge on any atom is -0.248 e. The highest BCUT2D eigenvalue weighted by Gasteiger charge is 2.12. The largest absolute Gasteiger partial charge is 0.248 e. The maximum Gasteiger partial charge on any atom is 0.0715 e. The quantitative estimate of drug-likeness (QED) is 0.202. The highest BCUT2D eigenvalue weighted by molar-refractivity contribution is 5.77. The van der Waals surface area contributed by atoms with E-state index < -0.39 is 0 Å². The number of hydrogen-bond donors (Lipinski definition) is 0. The van der Waals surface area contributed by atoms with E-state index in [4.69, 9.17) is 4.98 Å². The van der Waals surface area contributed by atoms with Crippen LogP contribution < -0.4 is 0 Å². The third-order valence-corrected chi connectivity index (χ3v) is 7.90. The molecule has 0 saturated carbocycles. The topological polar surface area (TPSA) is 12.9 Å². The first kappa shape index (κ1) is 26.9. The van der Waals surface area contributed by atoms with Crippen LogP contribution in [0, 0.1) is 20.8 Å². The molecule has 0 bridgehead atoms. The molecule has 0 amide bonds. The van der Waals surface area contributed by atoms with E-state index in [0.29, 0.717) is 5.92 Å². The molecule has 0 aliphatic heterocycles. The molecule has 1 heterocycles. The molecule has 1 nitrogen and oxygen atoms in total. The van der Waals surface area contributed by atoms with Crippen molar-refractivity contribution in [3.05, 3.63) is 101 Å². The molecular formula is C36H43N. The lowest BCUT2D eigenvalue weighted by atomic mass is 9.93. The van der Waals surface area contributed by atoms with Crippen molar-refractivity contribution in [1.82, 2.24) is 4.98 Å².